The van der Waals surface area contributed by atoms with Crippen molar-refractivity contribution < 1.29 is 9.90 Å². The van der Waals surface area contributed by atoms with Gasteiger partial charge in [0.05, 0.1) is 17.2 Å². The fourth-order valence-electron chi connectivity index (χ4n) is 3.77. The molecule has 0 amide bonds. The fourth-order valence-corrected chi connectivity index (χ4v) is 4.13. The highest BCUT2D eigenvalue weighted by Crippen LogP contribution is 2.49. The molecule has 0 spiro atoms. The molecule has 4 nitrogen and oxygen atoms in total. The molecule has 0 heterocycles. The number of carboxylic acids is 1. The van der Waals surface area contributed by atoms with Gasteiger partial charge in [-0.2, -0.15) is 5.26 Å². The summed E-state index contributed by atoms with van der Waals surface area (Å²) in [6.07, 6.45) is 3.10. The van der Waals surface area contributed by atoms with E-state index < -0.39 is 5.97 Å². The molecule has 4 unspecified atom stereocenters. The third-order valence-electron chi connectivity index (χ3n) is 4.63. The Hall–Kier alpha value is -1.54. The number of benzene rings is 1. The highest BCUT2D eigenvalue weighted by atomic mass is 79.9. The fraction of sp³-hybridized carbons (Fsp3) is 0.467. The number of hydrogen-bond donors (Lipinski definition) is 2. The minimum Gasteiger partial charge on any atom is -0.481 e. The van der Waals surface area contributed by atoms with Crippen molar-refractivity contribution in [1.29, 1.82) is 5.26 Å². The zero-order valence-corrected chi connectivity index (χ0v) is 12.4. The maximum atomic E-state index is 11.5. The second-order valence-electron chi connectivity index (χ2n) is 5.67. The topological polar surface area (TPSA) is 73.1 Å². The summed E-state index contributed by atoms with van der Waals surface area (Å²) in [4.78, 5) is 11.5. The molecule has 1 aromatic carbocycles. The maximum absolute atomic E-state index is 11.5. The summed E-state index contributed by atoms with van der Waals surface area (Å²) in [5.74, 6) is -0.346. The van der Waals surface area contributed by atoms with Crippen LogP contribution in [0.15, 0.2) is 22.7 Å². The number of carboxylic acid groups (broad SMARTS) is 1. The molecule has 2 saturated carbocycles. The smallest absolute Gasteiger partial charge is 0.308 e. The molecule has 4 atom stereocenters. The molecule has 0 aliphatic heterocycles. The normalized spacial score (nSPS) is 31.0. The summed E-state index contributed by atoms with van der Waals surface area (Å²) < 4.78 is 0.849. The Morgan fingerprint density at radius 3 is 2.85 bits per heavy atom. The van der Waals surface area contributed by atoms with Gasteiger partial charge < -0.3 is 10.4 Å². The van der Waals surface area contributed by atoms with Gasteiger partial charge in [-0.05, 0) is 49.3 Å². The Balaban J connectivity index is 1.87. The van der Waals surface area contributed by atoms with Crippen molar-refractivity contribution in [3.05, 3.63) is 28.2 Å². The molecule has 5 heteroatoms. The van der Waals surface area contributed by atoms with Crippen LogP contribution in [0.1, 0.15) is 24.8 Å². The minimum absolute atomic E-state index is 0.0560. The molecule has 2 N–H and O–H groups in total. The van der Waals surface area contributed by atoms with Crippen LogP contribution in [-0.2, 0) is 4.79 Å². The van der Waals surface area contributed by atoms with Gasteiger partial charge in [0, 0.05) is 10.5 Å². The van der Waals surface area contributed by atoms with Crippen LogP contribution in [0, 0.1) is 29.1 Å². The highest BCUT2D eigenvalue weighted by molar-refractivity contribution is 9.10. The van der Waals surface area contributed by atoms with Gasteiger partial charge in [-0.1, -0.05) is 15.9 Å². The molecule has 2 bridgehead atoms. The standard InChI is InChI=1S/C15H15BrN2O2/c16-11-3-4-12(10(6-11)7-17)18-14-9-2-1-8(5-9)13(14)15(19)20/h3-4,6,8-9,13-14,18H,1-2,5H2,(H,19,20). The van der Waals surface area contributed by atoms with Gasteiger partial charge in [0.25, 0.3) is 0 Å². The Morgan fingerprint density at radius 2 is 2.15 bits per heavy atom. The Labute approximate surface area is 125 Å². The van der Waals surface area contributed by atoms with Crippen LogP contribution in [0.5, 0.6) is 0 Å². The number of carbonyl (C=O) groups is 1. The molecule has 1 aromatic rings. The minimum atomic E-state index is -0.717. The molecule has 0 aromatic heterocycles. The Bertz CT molecular complexity index is 596. The summed E-state index contributed by atoms with van der Waals surface area (Å²) >= 11 is 3.34. The van der Waals surface area contributed by atoms with Gasteiger partial charge in [-0.3, -0.25) is 4.79 Å². The first-order valence-electron chi connectivity index (χ1n) is 6.79. The monoisotopic (exact) mass is 334 g/mol. The van der Waals surface area contributed by atoms with Gasteiger partial charge >= 0.3 is 5.97 Å². The number of hydrogen-bond acceptors (Lipinski definition) is 3. The van der Waals surface area contributed by atoms with E-state index in [1.54, 1.807) is 6.07 Å². The van der Waals surface area contributed by atoms with E-state index in [0.29, 0.717) is 11.5 Å². The zero-order valence-electron chi connectivity index (χ0n) is 10.8. The van der Waals surface area contributed by atoms with Crippen LogP contribution in [0.3, 0.4) is 0 Å². The van der Waals surface area contributed by atoms with Crippen LogP contribution >= 0.6 is 15.9 Å². The van der Waals surface area contributed by atoms with Crippen LogP contribution in [0.4, 0.5) is 5.69 Å². The Kier molecular flexibility index (Phi) is 3.43. The number of nitriles is 1. The summed E-state index contributed by atoms with van der Waals surface area (Å²) in [6.45, 7) is 0. The molecule has 0 radical (unpaired) electrons. The molecule has 20 heavy (non-hydrogen) atoms. The van der Waals surface area contributed by atoms with Crippen molar-refractivity contribution in [3.8, 4) is 6.07 Å². The van der Waals surface area contributed by atoms with E-state index in [4.69, 9.17) is 0 Å². The summed E-state index contributed by atoms with van der Waals surface area (Å²) in [5, 5.41) is 22.0. The molecule has 3 rings (SSSR count). The third kappa shape index (κ3) is 2.18. The molecule has 2 fully saturated rings. The summed E-state index contributed by atoms with van der Waals surface area (Å²) in [5.41, 5.74) is 1.28. The van der Waals surface area contributed by atoms with E-state index in [-0.39, 0.29) is 17.9 Å². The quantitative estimate of drug-likeness (QED) is 0.889. The van der Waals surface area contributed by atoms with E-state index in [1.165, 1.54) is 0 Å². The Morgan fingerprint density at radius 1 is 1.40 bits per heavy atom. The summed E-state index contributed by atoms with van der Waals surface area (Å²) in [6, 6.07) is 7.57. The van der Waals surface area contributed by atoms with Gasteiger partial charge in [0.1, 0.15) is 6.07 Å². The number of fused-ring (bicyclic) bond motifs is 2. The summed E-state index contributed by atoms with van der Waals surface area (Å²) in [7, 11) is 0. The predicted octanol–water partition coefficient (Wildman–Crippen LogP) is 3.23. The molecule has 2 aliphatic carbocycles. The SMILES string of the molecule is N#Cc1cc(Br)ccc1NC1C2CCC(C2)C1C(=O)O. The van der Waals surface area contributed by atoms with Gasteiger partial charge in [-0.25, -0.2) is 0 Å². The van der Waals surface area contributed by atoms with Crippen LogP contribution < -0.4 is 5.32 Å². The first kappa shape index (κ1) is 13.4. The highest BCUT2D eigenvalue weighted by Gasteiger charge is 2.51. The second kappa shape index (κ2) is 5.10. The third-order valence-corrected chi connectivity index (χ3v) is 5.12. The molecular formula is C15H15BrN2O2. The van der Waals surface area contributed by atoms with Crippen LogP contribution in [-0.4, -0.2) is 17.1 Å². The van der Waals surface area contributed by atoms with E-state index in [2.05, 4.69) is 27.3 Å². The lowest BCUT2D eigenvalue weighted by Crippen LogP contribution is -2.39. The van der Waals surface area contributed by atoms with Crippen molar-refractivity contribution in [2.24, 2.45) is 17.8 Å². The number of nitrogens with zero attached hydrogens (tertiary/aromatic N) is 1. The van der Waals surface area contributed by atoms with E-state index in [9.17, 15) is 15.2 Å². The van der Waals surface area contributed by atoms with Gasteiger partial charge in [0.15, 0.2) is 0 Å². The van der Waals surface area contributed by atoms with E-state index >= 15 is 0 Å². The van der Waals surface area contributed by atoms with Crippen molar-refractivity contribution >= 4 is 27.6 Å². The number of anilines is 1. The average Bonchev–Trinajstić information content (AvgIpc) is 3.01. The zero-order chi connectivity index (χ0) is 14.3. The maximum Gasteiger partial charge on any atom is 0.308 e. The van der Waals surface area contributed by atoms with E-state index in [0.717, 1.165) is 29.4 Å². The van der Waals surface area contributed by atoms with Gasteiger partial charge in [0.2, 0.25) is 0 Å². The molecule has 2 aliphatic rings. The second-order valence-corrected chi connectivity index (χ2v) is 6.58. The van der Waals surface area contributed by atoms with Gasteiger partial charge in [-0.15, -0.1) is 0 Å². The predicted molar refractivity (Wildman–Crippen MR) is 78.2 cm³/mol. The lowest BCUT2D eigenvalue weighted by molar-refractivity contribution is -0.143. The first-order valence-corrected chi connectivity index (χ1v) is 7.58. The lowest BCUT2D eigenvalue weighted by Gasteiger charge is -2.30. The van der Waals surface area contributed by atoms with Crippen LogP contribution in [0.2, 0.25) is 0 Å². The number of nitrogens with one attached hydrogen (secondary N) is 1. The van der Waals surface area contributed by atoms with Crippen molar-refractivity contribution in [3.63, 3.8) is 0 Å². The first-order chi connectivity index (χ1) is 9.60. The van der Waals surface area contributed by atoms with Crippen molar-refractivity contribution in [2.75, 3.05) is 5.32 Å². The average molecular weight is 335 g/mol. The molecular weight excluding hydrogens is 320 g/mol. The number of halogens is 1. The molecule has 0 saturated heterocycles. The van der Waals surface area contributed by atoms with E-state index in [1.807, 2.05) is 12.1 Å². The van der Waals surface area contributed by atoms with Crippen molar-refractivity contribution in [2.45, 2.75) is 25.3 Å². The largest absolute Gasteiger partial charge is 0.481 e. The lowest BCUT2D eigenvalue weighted by atomic mass is 9.84. The van der Waals surface area contributed by atoms with Crippen molar-refractivity contribution in [1.82, 2.24) is 0 Å². The number of aliphatic carboxylic acids is 1. The van der Waals surface area contributed by atoms with Crippen LogP contribution in [0.25, 0.3) is 0 Å². The number of rotatable bonds is 3. The molecule has 104 valence electrons.